The highest BCUT2D eigenvalue weighted by molar-refractivity contribution is 5.56. The molecule has 23 heavy (non-hydrogen) atoms. The molecule has 0 radical (unpaired) electrons. The van der Waals surface area contributed by atoms with E-state index in [1.165, 1.54) is 43.4 Å². The number of nitrogens with zero attached hydrogens (tertiary/aromatic N) is 2. The number of aryl methyl sites for hydroxylation is 1. The fraction of sp³-hybridized carbons (Fsp3) is 0.619. The van der Waals surface area contributed by atoms with Crippen LogP contribution < -0.4 is 4.90 Å². The summed E-state index contributed by atoms with van der Waals surface area (Å²) < 4.78 is 9.34. The van der Waals surface area contributed by atoms with Gasteiger partial charge in [0.2, 0.25) is 0 Å². The van der Waals surface area contributed by atoms with Crippen LogP contribution in [0.4, 0.5) is 5.69 Å². The summed E-state index contributed by atoms with van der Waals surface area (Å²) in [6, 6.07) is 8.94. The zero-order chi connectivity index (χ0) is 16.9. The van der Waals surface area contributed by atoms with E-state index in [1.54, 1.807) is 0 Å². The van der Waals surface area contributed by atoms with Gasteiger partial charge in [-0.1, -0.05) is 49.6 Å². The molecule has 2 heterocycles. The van der Waals surface area contributed by atoms with Crippen LogP contribution in [0.15, 0.2) is 36.4 Å². The normalized spacial score (nSPS) is 38.8. The van der Waals surface area contributed by atoms with Crippen LogP contribution in [0.5, 0.6) is 0 Å². The minimum absolute atomic E-state index is 0.264. The SMILES string of the molecule is [2H]C1(C2CCCCC2)C=CC2[C@H](C)N(c3ccccc3C)C(C)N21. The third kappa shape index (κ3) is 2.42. The molecular weight excluding hydrogens is 280 g/mol. The first kappa shape index (κ1) is 14.1. The molecule has 2 fully saturated rings. The van der Waals surface area contributed by atoms with Crippen LogP contribution in [0, 0.1) is 12.8 Å². The van der Waals surface area contributed by atoms with Crippen LogP contribution in [0.2, 0.25) is 0 Å². The smallest absolute Gasteiger partial charge is 0.0806 e. The van der Waals surface area contributed by atoms with Crippen molar-refractivity contribution in [2.24, 2.45) is 5.92 Å². The van der Waals surface area contributed by atoms with Crippen molar-refractivity contribution in [3.05, 3.63) is 42.0 Å². The lowest BCUT2D eigenvalue weighted by Crippen LogP contribution is -2.45. The van der Waals surface area contributed by atoms with Crippen LogP contribution in [-0.2, 0) is 0 Å². The first-order valence-corrected chi connectivity index (χ1v) is 9.36. The second-order valence-electron chi connectivity index (χ2n) is 7.58. The largest absolute Gasteiger partial charge is 0.351 e. The van der Waals surface area contributed by atoms with Gasteiger partial charge in [0.05, 0.1) is 13.6 Å². The molecule has 1 aromatic rings. The predicted octanol–water partition coefficient (Wildman–Crippen LogP) is 4.74. The van der Waals surface area contributed by atoms with Crippen molar-refractivity contribution in [2.45, 2.75) is 77.1 Å². The summed E-state index contributed by atoms with van der Waals surface area (Å²) in [5.41, 5.74) is 2.65. The Morgan fingerprint density at radius 1 is 1.04 bits per heavy atom. The number of hydrogen-bond acceptors (Lipinski definition) is 2. The van der Waals surface area contributed by atoms with Crippen molar-refractivity contribution in [2.75, 3.05) is 4.90 Å². The predicted molar refractivity (Wildman–Crippen MR) is 97.7 cm³/mol. The van der Waals surface area contributed by atoms with Gasteiger partial charge in [-0.3, -0.25) is 4.90 Å². The van der Waals surface area contributed by atoms with E-state index < -0.39 is 6.02 Å². The van der Waals surface area contributed by atoms with Gasteiger partial charge in [-0.25, -0.2) is 0 Å². The van der Waals surface area contributed by atoms with Gasteiger partial charge in [0.15, 0.2) is 0 Å². The van der Waals surface area contributed by atoms with E-state index >= 15 is 0 Å². The molecule has 0 aromatic heterocycles. The molecular formula is C21H30N2. The summed E-state index contributed by atoms with van der Waals surface area (Å²) in [5, 5.41) is 0. The molecule has 0 amide bonds. The van der Waals surface area contributed by atoms with E-state index in [4.69, 9.17) is 0 Å². The number of benzene rings is 1. The summed E-state index contributed by atoms with van der Waals surface area (Å²) in [5.74, 6) is 0.485. The Bertz CT molecular complexity index is 636. The van der Waals surface area contributed by atoms with Crippen LogP contribution in [0.3, 0.4) is 0 Å². The Labute approximate surface area is 142 Å². The maximum Gasteiger partial charge on any atom is 0.0806 e. The topological polar surface area (TPSA) is 6.48 Å². The van der Waals surface area contributed by atoms with E-state index in [0.717, 1.165) is 0 Å². The quantitative estimate of drug-likeness (QED) is 0.728. The standard InChI is InChI=1S/C21H30N2/c1-15-9-7-8-12-19(15)22-16(2)20-13-14-21(23(20)17(22)3)18-10-5-4-6-11-18/h7-9,12-14,16-18,20-21H,4-6,10-11H2,1-3H3/t16-,17?,20?,21?/m0/s1/i21D. The van der Waals surface area contributed by atoms with Crippen molar-refractivity contribution in [3.63, 3.8) is 0 Å². The molecule has 1 saturated heterocycles. The number of hydrogen-bond donors (Lipinski definition) is 0. The summed E-state index contributed by atoms with van der Waals surface area (Å²) in [6.45, 7) is 6.82. The third-order valence-electron chi connectivity index (χ3n) is 6.24. The van der Waals surface area contributed by atoms with Gasteiger partial charge >= 0.3 is 0 Å². The van der Waals surface area contributed by atoms with Crippen LogP contribution in [0.1, 0.15) is 52.9 Å². The van der Waals surface area contributed by atoms with Gasteiger partial charge in [0.1, 0.15) is 0 Å². The minimum atomic E-state index is -0.518. The molecule has 124 valence electrons. The Balaban J connectivity index is 1.68. The Kier molecular flexibility index (Phi) is 3.66. The third-order valence-corrected chi connectivity index (χ3v) is 6.24. The molecule has 0 N–H and O–H groups in total. The van der Waals surface area contributed by atoms with Crippen LogP contribution in [-0.4, -0.2) is 29.2 Å². The van der Waals surface area contributed by atoms with Crippen molar-refractivity contribution in [1.29, 1.82) is 0 Å². The summed E-state index contributed by atoms with van der Waals surface area (Å²) in [7, 11) is 0. The van der Waals surface area contributed by atoms with E-state index in [9.17, 15) is 1.37 Å². The lowest BCUT2D eigenvalue weighted by Gasteiger charge is -2.38. The van der Waals surface area contributed by atoms with Gasteiger partial charge in [0.25, 0.3) is 0 Å². The van der Waals surface area contributed by atoms with Crippen molar-refractivity contribution >= 4 is 5.69 Å². The van der Waals surface area contributed by atoms with E-state index in [0.29, 0.717) is 18.0 Å². The zero-order valence-electron chi connectivity index (χ0n) is 15.7. The van der Waals surface area contributed by atoms with Crippen molar-refractivity contribution in [1.82, 2.24) is 4.90 Å². The minimum Gasteiger partial charge on any atom is -0.351 e. The molecule has 4 atom stereocenters. The molecule has 3 unspecified atom stereocenters. The first-order chi connectivity index (χ1) is 11.5. The van der Waals surface area contributed by atoms with Gasteiger partial charge in [-0.2, -0.15) is 0 Å². The fourth-order valence-corrected chi connectivity index (χ4v) is 5.06. The maximum atomic E-state index is 9.34. The van der Waals surface area contributed by atoms with Crippen molar-refractivity contribution in [3.8, 4) is 0 Å². The lowest BCUT2D eigenvalue weighted by atomic mass is 9.83. The van der Waals surface area contributed by atoms with E-state index in [1.807, 2.05) is 0 Å². The van der Waals surface area contributed by atoms with Gasteiger partial charge in [-0.15, -0.1) is 0 Å². The molecule has 2 heteroatoms. The van der Waals surface area contributed by atoms with Crippen LogP contribution in [0.25, 0.3) is 0 Å². The zero-order valence-corrected chi connectivity index (χ0v) is 14.7. The van der Waals surface area contributed by atoms with E-state index in [2.05, 4.69) is 67.0 Å². The number of anilines is 1. The molecule has 1 aromatic carbocycles. The van der Waals surface area contributed by atoms with Gasteiger partial charge in [-0.05, 0) is 51.2 Å². The van der Waals surface area contributed by atoms with E-state index in [-0.39, 0.29) is 6.17 Å². The molecule has 1 saturated carbocycles. The number of fused-ring (bicyclic) bond motifs is 1. The summed E-state index contributed by atoms with van der Waals surface area (Å²) in [4.78, 5) is 5.02. The second-order valence-corrected chi connectivity index (χ2v) is 7.58. The Morgan fingerprint density at radius 2 is 1.78 bits per heavy atom. The van der Waals surface area contributed by atoms with Crippen LogP contribution >= 0.6 is 0 Å². The molecule has 3 aliphatic rings. The van der Waals surface area contributed by atoms with Gasteiger partial charge < -0.3 is 4.90 Å². The highest BCUT2D eigenvalue weighted by Gasteiger charge is 2.48. The first-order valence-electron chi connectivity index (χ1n) is 9.86. The van der Waals surface area contributed by atoms with Crippen molar-refractivity contribution < 1.29 is 1.37 Å². The highest BCUT2D eigenvalue weighted by atomic mass is 15.5. The Morgan fingerprint density at radius 3 is 2.52 bits per heavy atom. The lowest BCUT2D eigenvalue weighted by molar-refractivity contribution is 0.135. The van der Waals surface area contributed by atoms with Gasteiger partial charge in [0, 0.05) is 17.7 Å². The Hall–Kier alpha value is -1.28. The second kappa shape index (κ2) is 5.98. The molecule has 0 bridgehead atoms. The molecule has 1 aliphatic carbocycles. The number of para-hydroxylation sites is 1. The molecule has 4 rings (SSSR count). The fourth-order valence-electron chi connectivity index (χ4n) is 5.06. The average molecular weight is 311 g/mol. The monoisotopic (exact) mass is 311 g/mol. The maximum absolute atomic E-state index is 9.34. The average Bonchev–Trinajstić information content (AvgIpc) is 3.07. The highest BCUT2D eigenvalue weighted by Crippen LogP contribution is 2.42. The molecule has 0 spiro atoms. The summed E-state index contributed by atoms with van der Waals surface area (Å²) in [6.07, 6.45) is 11.2. The summed E-state index contributed by atoms with van der Waals surface area (Å²) >= 11 is 0. The number of rotatable bonds is 2. The molecule has 2 nitrogen and oxygen atoms in total. The molecule has 2 aliphatic heterocycles.